The molecule has 0 aromatic heterocycles. The summed E-state index contributed by atoms with van der Waals surface area (Å²) < 4.78 is 0. The summed E-state index contributed by atoms with van der Waals surface area (Å²) in [5.74, 6) is -0.626. The molecule has 0 atom stereocenters. The number of rotatable bonds is 5. The Kier molecular flexibility index (Phi) is 5.04. The number of halogens is 2. The first kappa shape index (κ1) is 14.1. The van der Waals surface area contributed by atoms with Crippen LogP contribution in [0.5, 0.6) is 0 Å². The van der Waals surface area contributed by atoms with E-state index in [-0.39, 0.29) is 22.2 Å². The number of carboxylic acid groups (broad SMARTS) is 1. The van der Waals surface area contributed by atoms with Gasteiger partial charge in [0.2, 0.25) is 0 Å². The zero-order valence-electron chi connectivity index (χ0n) is 8.35. The lowest BCUT2D eigenvalue weighted by Gasteiger charge is -2.05. The summed E-state index contributed by atoms with van der Waals surface area (Å²) in [5.41, 5.74) is -0.192. The summed E-state index contributed by atoms with van der Waals surface area (Å²) in [6.45, 7) is 0. The predicted octanol–water partition coefficient (Wildman–Crippen LogP) is 3.47. The van der Waals surface area contributed by atoms with Crippen molar-refractivity contribution in [3.8, 4) is 0 Å². The van der Waals surface area contributed by atoms with Crippen LogP contribution >= 0.6 is 35.0 Å². The van der Waals surface area contributed by atoms with Crippen molar-refractivity contribution in [2.75, 3.05) is 5.75 Å². The molecular formula is C9H7Cl2NO4S. The average molecular weight is 296 g/mol. The lowest BCUT2D eigenvalue weighted by Crippen LogP contribution is -1.96. The topological polar surface area (TPSA) is 80.4 Å². The molecule has 0 spiro atoms. The molecule has 0 saturated heterocycles. The Morgan fingerprint density at radius 1 is 1.41 bits per heavy atom. The number of carbonyl (C=O) groups is 1. The Bertz CT molecular complexity index is 443. The zero-order chi connectivity index (χ0) is 13.0. The highest BCUT2D eigenvalue weighted by Gasteiger charge is 2.15. The number of nitrogens with zero attached hydrogens (tertiary/aromatic N) is 1. The van der Waals surface area contributed by atoms with E-state index in [9.17, 15) is 14.9 Å². The SMILES string of the molecule is O=C(O)CCSc1c(Cl)cc([N+](=O)[O-])cc1Cl. The van der Waals surface area contributed by atoms with Crippen molar-refractivity contribution in [2.45, 2.75) is 11.3 Å². The van der Waals surface area contributed by atoms with Crippen LogP contribution in [0, 0.1) is 10.1 Å². The standard InChI is InChI=1S/C9H7Cl2NO4S/c10-6-3-5(12(15)16)4-7(11)9(6)17-2-1-8(13)14/h3-4H,1-2H2,(H,13,14). The number of hydrogen-bond donors (Lipinski definition) is 1. The quantitative estimate of drug-likeness (QED) is 0.511. The van der Waals surface area contributed by atoms with Gasteiger partial charge in [-0.1, -0.05) is 23.2 Å². The molecule has 5 nitrogen and oxygen atoms in total. The van der Waals surface area contributed by atoms with Crippen molar-refractivity contribution < 1.29 is 14.8 Å². The van der Waals surface area contributed by atoms with Crippen LogP contribution in [-0.2, 0) is 4.79 Å². The van der Waals surface area contributed by atoms with E-state index in [0.717, 1.165) is 11.8 Å². The Labute approximate surface area is 111 Å². The van der Waals surface area contributed by atoms with Gasteiger partial charge in [0.25, 0.3) is 5.69 Å². The second-order valence-corrected chi connectivity index (χ2v) is 4.91. The van der Waals surface area contributed by atoms with Gasteiger partial charge in [-0.05, 0) is 0 Å². The summed E-state index contributed by atoms with van der Waals surface area (Å²) in [5, 5.41) is 19.3. The summed E-state index contributed by atoms with van der Waals surface area (Å²) in [6, 6.07) is 2.38. The highest BCUT2D eigenvalue weighted by atomic mass is 35.5. The molecule has 17 heavy (non-hydrogen) atoms. The fourth-order valence-electron chi connectivity index (χ4n) is 1.03. The lowest BCUT2D eigenvalue weighted by molar-refractivity contribution is -0.384. The zero-order valence-corrected chi connectivity index (χ0v) is 10.7. The number of hydrogen-bond acceptors (Lipinski definition) is 4. The molecule has 0 heterocycles. The van der Waals surface area contributed by atoms with Gasteiger partial charge < -0.3 is 5.11 Å². The van der Waals surface area contributed by atoms with Gasteiger partial charge in [-0.25, -0.2) is 0 Å². The molecule has 0 radical (unpaired) electrons. The molecule has 0 aliphatic rings. The van der Waals surface area contributed by atoms with Gasteiger partial charge in [-0.3, -0.25) is 14.9 Å². The number of aliphatic carboxylic acids is 1. The van der Waals surface area contributed by atoms with Crippen LogP contribution < -0.4 is 0 Å². The lowest BCUT2D eigenvalue weighted by atomic mass is 10.3. The first-order valence-corrected chi connectivity index (χ1v) is 6.14. The van der Waals surface area contributed by atoms with Crippen LogP contribution in [0.3, 0.4) is 0 Å². The highest BCUT2D eigenvalue weighted by molar-refractivity contribution is 7.99. The number of nitro groups is 1. The van der Waals surface area contributed by atoms with Crippen LogP contribution in [0.2, 0.25) is 10.0 Å². The average Bonchev–Trinajstić information content (AvgIpc) is 2.21. The molecule has 0 bridgehead atoms. The number of carboxylic acids is 1. The monoisotopic (exact) mass is 295 g/mol. The number of nitro benzene ring substituents is 1. The molecule has 1 aromatic rings. The van der Waals surface area contributed by atoms with Gasteiger partial charge in [0.05, 0.1) is 21.4 Å². The molecule has 0 amide bonds. The normalized spacial score (nSPS) is 10.2. The third-order valence-corrected chi connectivity index (χ3v) is 3.71. The van der Waals surface area contributed by atoms with Gasteiger partial charge in [0.1, 0.15) is 0 Å². The summed E-state index contributed by atoms with van der Waals surface area (Å²) in [7, 11) is 0. The minimum absolute atomic E-state index is 0.0334. The smallest absolute Gasteiger partial charge is 0.304 e. The van der Waals surface area contributed by atoms with Crippen molar-refractivity contribution >= 4 is 46.6 Å². The van der Waals surface area contributed by atoms with Crippen LogP contribution in [0.15, 0.2) is 17.0 Å². The fourth-order valence-corrected chi connectivity index (χ4v) is 2.71. The molecular weight excluding hydrogens is 289 g/mol. The molecule has 1 aromatic carbocycles. The van der Waals surface area contributed by atoms with Crippen molar-refractivity contribution in [1.82, 2.24) is 0 Å². The Morgan fingerprint density at radius 3 is 2.35 bits per heavy atom. The summed E-state index contributed by atoms with van der Waals surface area (Å²) in [6.07, 6.45) is -0.0334. The molecule has 1 rings (SSSR count). The van der Waals surface area contributed by atoms with Crippen LogP contribution in [0.1, 0.15) is 6.42 Å². The Morgan fingerprint density at radius 2 is 1.94 bits per heavy atom. The molecule has 92 valence electrons. The molecule has 8 heteroatoms. The van der Waals surface area contributed by atoms with Gasteiger partial charge in [-0.15, -0.1) is 11.8 Å². The predicted molar refractivity (Wildman–Crippen MR) is 66.1 cm³/mol. The molecule has 0 unspecified atom stereocenters. The third kappa shape index (κ3) is 4.07. The Hall–Kier alpha value is -0.980. The van der Waals surface area contributed by atoms with Crippen molar-refractivity contribution in [1.29, 1.82) is 0 Å². The van der Waals surface area contributed by atoms with Gasteiger partial charge in [0, 0.05) is 22.8 Å². The van der Waals surface area contributed by atoms with Crippen molar-refractivity contribution in [3.05, 3.63) is 32.3 Å². The van der Waals surface area contributed by atoms with E-state index in [0.29, 0.717) is 10.6 Å². The Balaban J connectivity index is 2.86. The molecule has 1 N–H and O–H groups in total. The van der Waals surface area contributed by atoms with Crippen LogP contribution in [0.25, 0.3) is 0 Å². The molecule has 0 aliphatic heterocycles. The van der Waals surface area contributed by atoms with E-state index in [2.05, 4.69) is 0 Å². The third-order valence-electron chi connectivity index (χ3n) is 1.76. The van der Waals surface area contributed by atoms with Gasteiger partial charge in [-0.2, -0.15) is 0 Å². The van der Waals surface area contributed by atoms with Crippen LogP contribution in [0.4, 0.5) is 5.69 Å². The summed E-state index contributed by atoms with van der Waals surface area (Å²) in [4.78, 5) is 20.7. The van der Waals surface area contributed by atoms with E-state index in [1.54, 1.807) is 0 Å². The number of non-ortho nitro benzene ring substituents is 1. The van der Waals surface area contributed by atoms with E-state index in [4.69, 9.17) is 28.3 Å². The van der Waals surface area contributed by atoms with Gasteiger partial charge in [0.15, 0.2) is 0 Å². The fraction of sp³-hybridized carbons (Fsp3) is 0.222. The van der Waals surface area contributed by atoms with Crippen molar-refractivity contribution in [3.63, 3.8) is 0 Å². The molecule has 0 aliphatic carbocycles. The first-order valence-electron chi connectivity index (χ1n) is 4.40. The summed E-state index contributed by atoms with van der Waals surface area (Å²) >= 11 is 12.8. The van der Waals surface area contributed by atoms with Gasteiger partial charge >= 0.3 is 5.97 Å². The van der Waals surface area contributed by atoms with Crippen LogP contribution in [-0.4, -0.2) is 21.8 Å². The second kappa shape index (κ2) is 6.09. The largest absolute Gasteiger partial charge is 0.481 e. The maximum absolute atomic E-state index is 10.5. The second-order valence-electron chi connectivity index (χ2n) is 2.99. The van der Waals surface area contributed by atoms with E-state index < -0.39 is 10.9 Å². The van der Waals surface area contributed by atoms with E-state index in [1.165, 1.54) is 12.1 Å². The number of benzene rings is 1. The highest BCUT2D eigenvalue weighted by Crippen LogP contribution is 2.37. The van der Waals surface area contributed by atoms with Crippen molar-refractivity contribution in [2.24, 2.45) is 0 Å². The van der Waals surface area contributed by atoms with E-state index in [1.807, 2.05) is 0 Å². The maximum atomic E-state index is 10.5. The minimum atomic E-state index is -0.924. The van der Waals surface area contributed by atoms with E-state index >= 15 is 0 Å². The first-order chi connectivity index (χ1) is 7.91. The maximum Gasteiger partial charge on any atom is 0.304 e. The minimum Gasteiger partial charge on any atom is -0.481 e. The molecule has 0 saturated carbocycles. The number of thioether (sulfide) groups is 1. The molecule has 0 fully saturated rings.